The van der Waals surface area contributed by atoms with Gasteiger partial charge in [0.2, 0.25) is 10.0 Å². The van der Waals surface area contributed by atoms with Crippen LogP contribution in [0.15, 0.2) is 17.0 Å². The summed E-state index contributed by atoms with van der Waals surface area (Å²) in [6.45, 7) is 6.87. The molecule has 0 unspecified atom stereocenters. The lowest BCUT2D eigenvalue weighted by atomic mass is 10.0. The van der Waals surface area contributed by atoms with Crippen LogP contribution >= 0.6 is 0 Å². The number of aliphatic carboxylic acids is 1. The normalized spacial score (nSPS) is 16.3. The summed E-state index contributed by atoms with van der Waals surface area (Å²) < 4.78 is 27.7. The van der Waals surface area contributed by atoms with Crippen LogP contribution in [0, 0.1) is 19.8 Å². The molecule has 1 fully saturated rings. The summed E-state index contributed by atoms with van der Waals surface area (Å²) in [6.07, 6.45) is 1.96. The second-order valence-electron chi connectivity index (χ2n) is 7.26. The molecule has 0 bridgehead atoms. The minimum Gasteiger partial charge on any atom is -0.481 e. The molecule has 2 rings (SSSR count). The van der Waals surface area contributed by atoms with Crippen molar-refractivity contribution in [2.24, 2.45) is 5.92 Å². The van der Waals surface area contributed by atoms with Crippen LogP contribution in [0.5, 0.6) is 0 Å². The minimum absolute atomic E-state index is 0.0276. The van der Waals surface area contributed by atoms with Crippen molar-refractivity contribution in [2.45, 2.75) is 51.3 Å². The van der Waals surface area contributed by atoms with E-state index in [-0.39, 0.29) is 23.4 Å². The number of carbonyl (C=O) groups is 2. The Labute approximate surface area is 160 Å². The van der Waals surface area contributed by atoms with E-state index in [9.17, 15) is 18.0 Å². The first-order valence-electron chi connectivity index (χ1n) is 9.24. The number of piperidine rings is 1. The molecule has 8 heteroatoms. The van der Waals surface area contributed by atoms with E-state index in [1.807, 2.05) is 0 Å². The van der Waals surface area contributed by atoms with Gasteiger partial charge >= 0.3 is 5.97 Å². The number of hydrogen-bond acceptors (Lipinski definition) is 4. The molecule has 27 heavy (non-hydrogen) atoms. The first kappa shape index (κ1) is 21.4. The molecule has 1 heterocycles. The Morgan fingerprint density at radius 2 is 1.85 bits per heavy atom. The second-order valence-corrected chi connectivity index (χ2v) is 9.16. The summed E-state index contributed by atoms with van der Waals surface area (Å²) in [7, 11) is -3.66. The number of amides is 1. The molecule has 0 saturated carbocycles. The third kappa shape index (κ3) is 5.29. The van der Waals surface area contributed by atoms with E-state index in [0.29, 0.717) is 31.0 Å². The summed E-state index contributed by atoms with van der Waals surface area (Å²) >= 11 is 0. The third-order valence-corrected chi connectivity index (χ3v) is 7.12. The maximum absolute atomic E-state index is 13.1. The van der Waals surface area contributed by atoms with E-state index in [2.05, 4.69) is 12.2 Å². The van der Waals surface area contributed by atoms with Crippen LogP contribution in [0.1, 0.15) is 54.1 Å². The number of rotatable bonds is 7. The average Bonchev–Trinajstić information content (AvgIpc) is 2.60. The first-order chi connectivity index (χ1) is 12.6. The fraction of sp³-hybridized carbons (Fsp3) is 0.579. The van der Waals surface area contributed by atoms with Crippen molar-refractivity contribution >= 4 is 21.9 Å². The van der Waals surface area contributed by atoms with Gasteiger partial charge in [0.15, 0.2) is 0 Å². The Kier molecular flexibility index (Phi) is 7.00. The molecular weight excluding hydrogens is 368 g/mol. The monoisotopic (exact) mass is 396 g/mol. The number of benzene rings is 1. The number of aryl methyl sites for hydroxylation is 1. The van der Waals surface area contributed by atoms with Crippen molar-refractivity contribution in [3.8, 4) is 0 Å². The molecule has 0 radical (unpaired) electrons. The van der Waals surface area contributed by atoms with Crippen LogP contribution in [0.25, 0.3) is 0 Å². The van der Waals surface area contributed by atoms with Gasteiger partial charge in [0.25, 0.3) is 5.91 Å². The van der Waals surface area contributed by atoms with Crippen molar-refractivity contribution in [3.63, 3.8) is 0 Å². The molecule has 1 aromatic rings. The van der Waals surface area contributed by atoms with E-state index in [0.717, 1.165) is 18.4 Å². The van der Waals surface area contributed by atoms with Gasteiger partial charge in [-0.15, -0.1) is 0 Å². The zero-order chi connectivity index (χ0) is 20.2. The lowest BCUT2D eigenvalue weighted by molar-refractivity contribution is -0.137. The maximum Gasteiger partial charge on any atom is 0.303 e. The van der Waals surface area contributed by atoms with E-state index < -0.39 is 21.9 Å². The van der Waals surface area contributed by atoms with Crippen molar-refractivity contribution in [1.29, 1.82) is 0 Å². The number of sulfonamides is 1. The molecule has 7 nitrogen and oxygen atoms in total. The van der Waals surface area contributed by atoms with E-state index in [4.69, 9.17) is 5.11 Å². The number of carbonyl (C=O) groups excluding carboxylic acids is 1. The zero-order valence-electron chi connectivity index (χ0n) is 16.1. The van der Waals surface area contributed by atoms with Crippen LogP contribution in [-0.4, -0.2) is 49.3 Å². The quantitative estimate of drug-likeness (QED) is 0.689. The summed E-state index contributed by atoms with van der Waals surface area (Å²) in [5, 5.41) is 11.3. The summed E-state index contributed by atoms with van der Waals surface area (Å²) in [5.41, 5.74) is 1.66. The van der Waals surface area contributed by atoms with Gasteiger partial charge < -0.3 is 10.4 Å². The molecule has 150 valence electrons. The third-order valence-electron chi connectivity index (χ3n) is 5.10. The molecule has 0 aromatic heterocycles. The highest BCUT2D eigenvalue weighted by Gasteiger charge is 2.30. The van der Waals surface area contributed by atoms with E-state index in [1.165, 1.54) is 10.4 Å². The highest BCUT2D eigenvalue weighted by atomic mass is 32.2. The van der Waals surface area contributed by atoms with Gasteiger partial charge in [-0.3, -0.25) is 9.59 Å². The van der Waals surface area contributed by atoms with Gasteiger partial charge in [-0.1, -0.05) is 6.92 Å². The molecule has 0 atom stereocenters. The fourth-order valence-corrected chi connectivity index (χ4v) is 4.93. The van der Waals surface area contributed by atoms with Crippen LogP contribution in [0.4, 0.5) is 0 Å². The Morgan fingerprint density at radius 3 is 2.44 bits per heavy atom. The zero-order valence-corrected chi connectivity index (χ0v) is 16.9. The molecule has 1 aliphatic rings. The van der Waals surface area contributed by atoms with Gasteiger partial charge in [0, 0.05) is 31.6 Å². The summed E-state index contributed by atoms with van der Waals surface area (Å²) in [5.74, 6) is -0.797. The summed E-state index contributed by atoms with van der Waals surface area (Å²) in [4.78, 5) is 23.1. The average molecular weight is 397 g/mol. The van der Waals surface area contributed by atoms with E-state index in [1.54, 1.807) is 19.9 Å². The fourth-order valence-electron chi connectivity index (χ4n) is 3.13. The molecule has 0 aliphatic carbocycles. The second kappa shape index (κ2) is 8.84. The Balaban J connectivity index is 2.22. The van der Waals surface area contributed by atoms with Crippen LogP contribution in [-0.2, 0) is 14.8 Å². The van der Waals surface area contributed by atoms with Gasteiger partial charge in [-0.25, -0.2) is 8.42 Å². The minimum atomic E-state index is -3.66. The predicted octanol–water partition coefficient (Wildman–Crippen LogP) is 2.32. The molecule has 1 amide bonds. The molecule has 1 saturated heterocycles. The van der Waals surface area contributed by atoms with Gasteiger partial charge in [0.05, 0.1) is 4.90 Å². The Hall–Kier alpha value is -1.93. The number of nitrogens with one attached hydrogen (secondary N) is 1. The van der Waals surface area contributed by atoms with Gasteiger partial charge in [-0.2, -0.15) is 4.31 Å². The van der Waals surface area contributed by atoms with Crippen LogP contribution < -0.4 is 5.32 Å². The smallest absolute Gasteiger partial charge is 0.303 e. The van der Waals surface area contributed by atoms with Crippen molar-refractivity contribution < 1.29 is 23.1 Å². The highest BCUT2D eigenvalue weighted by molar-refractivity contribution is 7.89. The summed E-state index contributed by atoms with van der Waals surface area (Å²) in [6, 6.07) is 3.10. The standard InChI is InChI=1S/C19H28N2O5S/c1-13-6-9-21(10-7-13)27(25,26)17-12-16(11-14(2)15(17)3)19(24)20-8-4-5-18(22)23/h11-13H,4-10H2,1-3H3,(H,20,24)(H,22,23). The first-order valence-corrected chi connectivity index (χ1v) is 10.7. The highest BCUT2D eigenvalue weighted by Crippen LogP contribution is 2.28. The number of nitrogens with zero attached hydrogens (tertiary/aromatic N) is 1. The van der Waals surface area contributed by atoms with Gasteiger partial charge in [0.1, 0.15) is 0 Å². The lowest BCUT2D eigenvalue weighted by Gasteiger charge is -2.30. The topological polar surface area (TPSA) is 104 Å². The van der Waals surface area contributed by atoms with Crippen LogP contribution in [0.2, 0.25) is 0 Å². The van der Waals surface area contributed by atoms with Crippen LogP contribution in [0.3, 0.4) is 0 Å². The Morgan fingerprint density at radius 1 is 1.22 bits per heavy atom. The van der Waals surface area contributed by atoms with Crippen molar-refractivity contribution in [2.75, 3.05) is 19.6 Å². The maximum atomic E-state index is 13.1. The van der Waals surface area contributed by atoms with E-state index >= 15 is 0 Å². The molecule has 1 aromatic carbocycles. The van der Waals surface area contributed by atoms with Gasteiger partial charge in [-0.05, 0) is 62.3 Å². The molecule has 2 N–H and O–H groups in total. The number of hydrogen-bond donors (Lipinski definition) is 2. The largest absolute Gasteiger partial charge is 0.481 e. The van der Waals surface area contributed by atoms with Crippen molar-refractivity contribution in [1.82, 2.24) is 9.62 Å². The SMILES string of the molecule is Cc1cc(C(=O)NCCCC(=O)O)cc(S(=O)(=O)N2CCC(C)CC2)c1C. The molecular formula is C19H28N2O5S. The molecule has 1 aliphatic heterocycles. The Bertz CT molecular complexity index is 812. The predicted molar refractivity (Wildman–Crippen MR) is 102 cm³/mol. The number of carboxylic acid groups (broad SMARTS) is 1. The number of carboxylic acids is 1. The lowest BCUT2D eigenvalue weighted by Crippen LogP contribution is -2.38. The van der Waals surface area contributed by atoms with Crippen molar-refractivity contribution in [3.05, 3.63) is 28.8 Å². The molecule has 0 spiro atoms.